The second kappa shape index (κ2) is 15.6. The van der Waals surface area contributed by atoms with Crippen molar-refractivity contribution < 1.29 is 18.0 Å². The number of hydrogen-bond acceptors (Lipinski definition) is 4. The lowest BCUT2D eigenvalue weighted by molar-refractivity contribution is -0.140. The summed E-state index contributed by atoms with van der Waals surface area (Å²) in [5.41, 5.74) is 2.37. The van der Waals surface area contributed by atoms with E-state index < -0.39 is 28.5 Å². The molecule has 47 heavy (non-hydrogen) atoms. The average Bonchev–Trinajstić information content (AvgIpc) is 3.56. The zero-order valence-electron chi connectivity index (χ0n) is 25.9. The highest BCUT2D eigenvalue weighted by Crippen LogP contribution is 2.30. The van der Waals surface area contributed by atoms with Gasteiger partial charge in [-0.2, -0.15) is 0 Å². The molecule has 0 bridgehead atoms. The van der Waals surface area contributed by atoms with Gasteiger partial charge >= 0.3 is 0 Å². The molecule has 4 aromatic rings. The Bertz CT molecular complexity index is 1790. The van der Waals surface area contributed by atoms with E-state index in [1.54, 1.807) is 48.5 Å². The number of benzene rings is 4. The van der Waals surface area contributed by atoms with Crippen LogP contribution in [0.1, 0.15) is 42.4 Å². The summed E-state index contributed by atoms with van der Waals surface area (Å²) in [7, 11) is -4.25. The first kappa shape index (κ1) is 34.8. The van der Waals surface area contributed by atoms with Crippen LogP contribution >= 0.6 is 34.8 Å². The molecule has 0 aliphatic heterocycles. The Hall–Kier alpha value is -3.56. The molecule has 1 aliphatic rings. The van der Waals surface area contributed by atoms with Crippen molar-refractivity contribution in [3.8, 4) is 0 Å². The van der Waals surface area contributed by atoms with Crippen molar-refractivity contribution in [2.75, 3.05) is 10.8 Å². The third-order valence-corrected chi connectivity index (χ3v) is 11.1. The van der Waals surface area contributed by atoms with Crippen molar-refractivity contribution >= 4 is 62.3 Å². The number of anilines is 1. The monoisotopic (exact) mass is 711 g/mol. The van der Waals surface area contributed by atoms with Crippen LogP contribution in [0.15, 0.2) is 102 Å². The second-order valence-corrected chi connectivity index (χ2v) is 14.8. The minimum Gasteiger partial charge on any atom is -0.352 e. The summed E-state index contributed by atoms with van der Waals surface area (Å²) in [5, 5.41) is 4.10. The van der Waals surface area contributed by atoms with Crippen LogP contribution in [0, 0.1) is 6.92 Å². The van der Waals surface area contributed by atoms with Crippen molar-refractivity contribution in [3.63, 3.8) is 0 Å². The molecule has 1 unspecified atom stereocenters. The third kappa shape index (κ3) is 8.68. The number of halogens is 3. The summed E-state index contributed by atoms with van der Waals surface area (Å²) in [6.07, 6.45) is 3.92. The van der Waals surface area contributed by atoms with E-state index in [1.165, 1.54) is 23.1 Å². The number of sulfonamides is 1. The van der Waals surface area contributed by atoms with Gasteiger partial charge in [-0.25, -0.2) is 8.42 Å². The molecule has 1 atom stereocenters. The molecule has 1 aliphatic carbocycles. The maximum atomic E-state index is 14.7. The summed E-state index contributed by atoms with van der Waals surface area (Å²) >= 11 is 19.5. The highest BCUT2D eigenvalue weighted by Gasteiger charge is 2.36. The van der Waals surface area contributed by atoms with Gasteiger partial charge in [-0.05, 0) is 67.8 Å². The third-order valence-electron chi connectivity index (χ3n) is 8.35. The number of rotatable bonds is 12. The Morgan fingerprint density at radius 2 is 1.49 bits per heavy atom. The van der Waals surface area contributed by atoms with Crippen LogP contribution in [-0.4, -0.2) is 43.8 Å². The van der Waals surface area contributed by atoms with Crippen molar-refractivity contribution in [2.24, 2.45) is 0 Å². The number of aryl methyl sites for hydroxylation is 1. The number of carbonyl (C=O) groups is 2. The Morgan fingerprint density at radius 1 is 0.851 bits per heavy atom. The summed E-state index contributed by atoms with van der Waals surface area (Å²) in [6, 6.07) is 26.1. The van der Waals surface area contributed by atoms with Crippen LogP contribution < -0.4 is 9.62 Å². The maximum Gasteiger partial charge on any atom is 0.264 e. The molecule has 0 saturated heterocycles. The van der Waals surface area contributed by atoms with Crippen molar-refractivity contribution in [1.29, 1.82) is 0 Å². The summed E-state index contributed by atoms with van der Waals surface area (Å²) in [6.45, 7) is 1.12. The predicted octanol–water partition coefficient (Wildman–Crippen LogP) is 7.85. The quantitative estimate of drug-likeness (QED) is 0.162. The lowest BCUT2D eigenvalue weighted by atomic mass is 10.0. The van der Waals surface area contributed by atoms with Crippen LogP contribution in [0.4, 0.5) is 5.69 Å². The molecule has 0 radical (unpaired) electrons. The standard InChI is InChI=1S/C36H36Cl3N3O4S/c1-25-17-19-30(20-18-25)47(45,46)42(29-14-7-11-27(37)22-29)24-35(43)41(23-31-32(38)15-8-16-33(31)39)34(21-26-9-3-2-4-10-26)36(44)40-28-12-5-6-13-28/h2-4,7-11,14-20,22,28,34H,5-6,12-13,21,23-24H2,1H3,(H,40,44). The van der Waals surface area contributed by atoms with E-state index in [9.17, 15) is 18.0 Å². The molecule has 1 saturated carbocycles. The Kier molecular flexibility index (Phi) is 11.5. The van der Waals surface area contributed by atoms with Gasteiger partial charge in [0.1, 0.15) is 12.6 Å². The molecule has 0 spiro atoms. The molecular weight excluding hydrogens is 677 g/mol. The van der Waals surface area contributed by atoms with Crippen LogP contribution in [0.3, 0.4) is 0 Å². The molecule has 1 N–H and O–H groups in total. The number of nitrogens with zero attached hydrogens (tertiary/aromatic N) is 2. The fraction of sp³-hybridized carbons (Fsp3) is 0.278. The van der Waals surface area contributed by atoms with Gasteiger partial charge < -0.3 is 10.2 Å². The molecule has 246 valence electrons. The first-order chi connectivity index (χ1) is 22.5. The normalized spacial score (nSPS) is 14.0. The Balaban J connectivity index is 1.59. The van der Waals surface area contributed by atoms with Gasteiger partial charge in [-0.3, -0.25) is 13.9 Å². The zero-order valence-corrected chi connectivity index (χ0v) is 29.0. The highest BCUT2D eigenvalue weighted by atomic mass is 35.5. The first-order valence-electron chi connectivity index (χ1n) is 15.4. The fourth-order valence-electron chi connectivity index (χ4n) is 5.77. The summed E-state index contributed by atoms with van der Waals surface area (Å²) < 4.78 is 29.4. The van der Waals surface area contributed by atoms with Crippen molar-refractivity contribution in [1.82, 2.24) is 10.2 Å². The topological polar surface area (TPSA) is 86.8 Å². The van der Waals surface area contributed by atoms with E-state index in [2.05, 4.69) is 5.32 Å². The molecular formula is C36H36Cl3N3O4S. The molecule has 2 amide bonds. The SMILES string of the molecule is Cc1ccc(S(=O)(=O)N(CC(=O)N(Cc2c(Cl)cccc2Cl)C(Cc2ccccc2)C(=O)NC2CCCC2)c2cccc(Cl)c2)cc1. The molecule has 11 heteroatoms. The minimum atomic E-state index is -4.25. The smallest absolute Gasteiger partial charge is 0.264 e. The van der Waals surface area contributed by atoms with E-state index in [-0.39, 0.29) is 35.5 Å². The lowest BCUT2D eigenvalue weighted by Crippen LogP contribution is -2.54. The van der Waals surface area contributed by atoms with Gasteiger partial charge in [0, 0.05) is 39.6 Å². The minimum absolute atomic E-state index is 0.00787. The predicted molar refractivity (Wildman–Crippen MR) is 189 cm³/mol. The molecule has 1 fully saturated rings. The number of nitrogens with one attached hydrogen (secondary N) is 1. The Labute approximate surface area is 291 Å². The summed E-state index contributed by atoms with van der Waals surface area (Å²) in [4.78, 5) is 30.2. The van der Waals surface area contributed by atoms with Gasteiger partial charge in [0.25, 0.3) is 10.0 Å². The van der Waals surface area contributed by atoms with Gasteiger partial charge in [0.15, 0.2) is 0 Å². The molecule has 0 heterocycles. The number of carbonyl (C=O) groups excluding carboxylic acids is 2. The van der Waals surface area contributed by atoms with Crippen molar-refractivity contribution in [2.45, 2.75) is 62.6 Å². The summed E-state index contributed by atoms with van der Waals surface area (Å²) in [5.74, 6) is -0.938. The largest absolute Gasteiger partial charge is 0.352 e. The van der Waals surface area contributed by atoms with Gasteiger partial charge in [-0.1, -0.05) is 108 Å². The highest BCUT2D eigenvalue weighted by molar-refractivity contribution is 7.92. The zero-order chi connectivity index (χ0) is 33.6. The van der Waals surface area contributed by atoms with E-state index in [4.69, 9.17) is 34.8 Å². The number of hydrogen-bond donors (Lipinski definition) is 1. The first-order valence-corrected chi connectivity index (χ1v) is 18.0. The maximum absolute atomic E-state index is 14.7. The van der Waals surface area contributed by atoms with E-state index in [1.807, 2.05) is 37.3 Å². The number of amides is 2. The molecule has 0 aromatic heterocycles. The van der Waals surface area contributed by atoms with Gasteiger partial charge in [0.2, 0.25) is 11.8 Å². The van der Waals surface area contributed by atoms with Crippen LogP contribution in [0.25, 0.3) is 0 Å². The Morgan fingerprint density at radius 3 is 2.13 bits per heavy atom. The molecule has 7 nitrogen and oxygen atoms in total. The molecule has 5 rings (SSSR count). The van der Waals surface area contributed by atoms with Crippen LogP contribution in [0.2, 0.25) is 15.1 Å². The lowest BCUT2D eigenvalue weighted by Gasteiger charge is -2.34. The van der Waals surface area contributed by atoms with E-state index in [0.717, 1.165) is 41.1 Å². The van der Waals surface area contributed by atoms with Gasteiger partial charge in [-0.15, -0.1) is 0 Å². The van der Waals surface area contributed by atoms with E-state index >= 15 is 0 Å². The molecule has 4 aromatic carbocycles. The van der Waals surface area contributed by atoms with Gasteiger partial charge in [0.05, 0.1) is 10.6 Å². The van der Waals surface area contributed by atoms with Crippen LogP contribution in [0.5, 0.6) is 0 Å². The van der Waals surface area contributed by atoms with Crippen LogP contribution in [-0.2, 0) is 32.6 Å². The average molecular weight is 713 g/mol. The second-order valence-electron chi connectivity index (χ2n) is 11.7. The van der Waals surface area contributed by atoms with Crippen molar-refractivity contribution in [3.05, 3.63) is 129 Å². The van der Waals surface area contributed by atoms with E-state index in [0.29, 0.717) is 20.6 Å². The fourth-order valence-corrected chi connectivity index (χ4v) is 7.88.